The lowest BCUT2D eigenvalue weighted by molar-refractivity contribution is 0.169. The summed E-state index contributed by atoms with van der Waals surface area (Å²) in [6.07, 6.45) is 2.99. The first-order chi connectivity index (χ1) is 11.4. The van der Waals surface area contributed by atoms with E-state index >= 15 is 0 Å². The molecule has 0 saturated carbocycles. The Bertz CT molecular complexity index is 810. The fraction of sp³-hybridized carbons (Fsp3) is 0.263. The summed E-state index contributed by atoms with van der Waals surface area (Å²) in [6.45, 7) is 2.98. The van der Waals surface area contributed by atoms with Gasteiger partial charge in [0.1, 0.15) is 13.2 Å². The van der Waals surface area contributed by atoms with Gasteiger partial charge in [-0.25, -0.2) is 0 Å². The van der Waals surface area contributed by atoms with Crippen LogP contribution in [-0.2, 0) is 13.0 Å². The lowest BCUT2D eigenvalue weighted by atomic mass is 10.1. The number of hydrogen-bond donors (Lipinski definition) is 2. The number of aromatic nitrogens is 1. The van der Waals surface area contributed by atoms with Crippen molar-refractivity contribution in [3.05, 3.63) is 59.8 Å². The monoisotopic (exact) mass is 308 g/mol. The molecule has 1 aliphatic rings. The Balaban J connectivity index is 1.35. The Morgan fingerprint density at radius 2 is 2.00 bits per heavy atom. The van der Waals surface area contributed by atoms with Crippen LogP contribution in [-0.4, -0.2) is 24.7 Å². The third kappa shape index (κ3) is 3.03. The van der Waals surface area contributed by atoms with Crippen molar-refractivity contribution in [3.8, 4) is 11.5 Å². The molecule has 0 saturated heterocycles. The lowest BCUT2D eigenvalue weighted by Gasteiger charge is -2.21. The summed E-state index contributed by atoms with van der Waals surface area (Å²) in [7, 11) is 0. The Morgan fingerprint density at radius 3 is 3.00 bits per heavy atom. The number of rotatable bonds is 5. The molecular weight excluding hydrogens is 288 g/mol. The van der Waals surface area contributed by atoms with E-state index < -0.39 is 0 Å². The van der Waals surface area contributed by atoms with Crippen LogP contribution in [0.2, 0.25) is 0 Å². The molecule has 118 valence electrons. The largest absolute Gasteiger partial charge is 0.486 e. The van der Waals surface area contributed by atoms with Gasteiger partial charge in [-0.2, -0.15) is 0 Å². The topological polar surface area (TPSA) is 46.3 Å². The minimum Gasteiger partial charge on any atom is -0.486 e. The van der Waals surface area contributed by atoms with E-state index in [1.54, 1.807) is 0 Å². The maximum Gasteiger partial charge on any atom is 0.165 e. The standard InChI is InChI=1S/C19H20N2O2/c1-2-16(19-18(3-1)22-10-11-23-19)13-20-8-6-14-4-5-17-15(12-14)7-9-21-17/h1-5,7,9,12,20-21H,6,8,10-11,13H2. The van der Waals surface area contributed by atoms with Gasteiger partial charge in [0.2, 0.25) is 0 Å². The second kappa shape index (κ2) is 6.34. The molecule has 4 rings (SSSR count). The van der Waals surface area contributed by atoms with Gasteiger partial charge >= 0.3 is 0 Å². The van der Waals surface area contributed by atoms with Crippen molar-refractivity contribution in [2.24, 2.45) is 0 Å². The molecule has 0 amide bonds. The second-order valence-corrected chi connectivity index (χ2v) is 5.77. The highest BCUT2D eigenvalue weighted by molar-refractivity contribution is 5.79. The highest BCUT2D eigenvalue weighted by atomic mass is 16.6. The van der Waals surface area contributed by atoms with Gasteiger partial charge in [0.25, 0.3) is 0 Å². The second-order valence-electron chi connectivity index (χ2n) is 5.77. The summed E-state index contributed by atoms with van der Waals surface area (Å²) in [5, 5.41) is 4.77. The van der Waals surface area contributed by atoms with Gasteiger partial charge in [-0.15, -0.1) is 0 Å². The predicted octanol–water partition coefficient (Wildman–Crippen LogP) is 3.27. The van der Waals surface area contributed by atoms with Gasteiger partial charge < -0.3 is 19.8 Å². The number of hydrogen-bond acceptors (Lipinski definition) is 3. The molecule has 0 aliphatic carbocycles. The number of benzene rings is 2. The average molecular weight is 308 g/mol. The van der Waals surface area contributed by atoms with Gasteiger partial charge in [0.15, 0.2) is 11.5 Å². The zero-order chi connectivity index (χ0) is 15.5. The highest BCUT2D eigenvalue weighted by Gasteiger charge is 2.14. The zero-order valence-electron chi connectivity index (χ0n) is 13.0. The van der Waals surface area contributed by atoms with Crippen LogP contribution in [0.1, 0.15) is 11.1 Å². The van der Waals surface area contributed by atoms with Gasteiger partial charge in [-0.05, 0) is 48.2 Å². The van der Waals surface area contributed by atoms with Crippen LogP contribution in [0.4, 0.5) is 0 Å². The smallest absolute Gasteiger partial charge is 0.165 e. The molecule has 0 bridgehead atoms. The summed E-state index contributed by atoms with van der Waals surface area (Å²) in [6, 6.07) is 14.8. The minimum atomic E-state index is 0.626. The van der Waals surface area contributed by atoms with Crippen molar-refractivity contribution in [1.82, 2.24) is 10.3 Å². The van der Waals surface area contributed by atoms with E-state index in [9.17, 15) is 0 Å². The first kappa shape index (κ1) is 14.2. The van der Waals surface area contributed by atoms with Crippen LogP contribution < -0.4 is 14.8 Å². The predicted molar refractivity (Wildman–Crippen MR) is 91.1 cm³/mol. The summed E-state index contributed by atoms with van der Waals surface area (Å²) in [5.74, 6) is 1.74. The van der Waals surface area contributed by atoms with Crippen molar-refractivity contribution in [1.29, 1.82) is 0 Å². The fourth-order valence-electron chi connectivity index (χ4n) is 2.99. The summed E-state index contributed by atoms with van der Waals surface area (Å²) < 4.78 is 11.4. The Kier molecular flexibility index (Phi) is 3.90. The molecule has 4 heteroatoms. The zero-order valence-corrected chi connectivity index (χ0v) is 13.0. The fourth-order valence-corrected chi connectivity index (χ4v) is 2.99. The van der Waals surface area contributed by atoms with E-state index in [2.05, 4.69) is 40.6 Å². The maximum absolute atomic E-state index is 5.74. The molecule has 4 nitrogen and oxygen atoms in total. The Hall–Kier alpha value is -2.46. The molecule has 1 aromatic heterocycles. The van der Waals surface area contributed by atoms with Gasteiger partial charge in [-0.1, -0.05) is 18.2 Å². The SMILES string of the molecule is c1cc(CNCCc2ccc3[nH]ccc3c2)c2c(c1)OCCO2. The number of para-hydroxylation sites is 1. The van der Waals surface area contributed by atoms with E-state index in [4.69, 9.17) is 9.47 Å². The van der Waals surface area contributed by atoms with E-state index in [0.29, 0.717) is 13.2 Å². The van der Waals surface area contributed by atoms with E-state index in [0.717, 1.165) is 36.6 Å². The van der Waals surface area contributed by atoms with Crippen molar-refractivity contribution >= 4 is 10.9 Å². The number of nitrogens with one attached hydrogen (secondary N) is 2. The molecule has 3 aromatic rings. The Morgan fingerprint density at radius 1 is 1.04 bits per heavy atom. The summed E-state index contributed by atoms with van der Waals surface area (Å²) in [4.78, 5) is 3.22. The number of fused-ring (bicyclic) bond motifs is 2. The molecule has 2 aromatic carbocycles. The quantitative estimate of drug-likeness (QED) is 0.711. The molecular formula is C19H20N2O2. The lowest BCUT2D eigenvalue weighted by Crippen LogP contribution is -2.20. The Labute approximate surface area is 135 Å². The van der Waals surface area contributed by atoms with Crippen LogP contribution >= 0.6 is 0 Å². The van der Waals surface area contributed by atoms with Crippen LogP contribution in [0, 0.1) is 0 Å². The van der Waals surface area contributed by atoms with Crippen LogP contribution in [0.15, 0.2) is 48.7 Å². The van der Waals surface area contributed by atoms with Crippen molar-refractivity contribution in [3.63, 3.8) is 0 Å². The van der Waals surface area contributed by atoms with Crippen LogP contribution in [0.5, 0.6) is 11.5 Å². The molecule has 2 heterocycles. The van der Waals surface area contributed by atoms with Crippen LogP contribution in [0.25, 0.3) is 10.9 Å². The van der Waals surface area contributed by atoms with Gasteiger partial charge in [-0.3, -0.25) is 0 Å². The highest BCUT2D eigenvalue weighted by Crippen LogP contribution is 2.33. The third-order valence-corrected chi connectivity index (χ3v) is 4.17. The van der Waals surface area contributed by atoms with E-state index in [1.807, 2.05) is 18.3 Å². The molecule has 2 N–H and O–H groups in total. The summed E-state index contributed by atoms with van der Waals surface area (Å²) in [5.41, 5.74) is 3.69. The van der Waals surface area contributed by atoms with Crippen LogP contribution in [0.3, 0.4) is 0 Å². The number of H-pyrrole nitrogens is 1. The number of aromatic amines is 1. The summed E-state index contributed by atoms with van der Waals surface area (Å²) >= 11 is 0. The number of ether oxygens (including phenoxy) is 2. The molecule has 0 atom stereocenters. The molecule has 0 unspecified atom stereocenters. The van der Waals surface area contributed by atoms with Gasteiger partial charge in [0.05, 0.1) is 0 Å². The average Bonchev–Trinajstić information content (AvgIpc) is 3.06. The molecule has 0 spiro atoms. The minimum absolute atomic E-state index is 0.626. The first-order valence-electron chi connectivity index (χ1n) is 8.04. The van der Waals surface area contributed by atoms with Crippen molar-refractivity contribution < 1.29 is 9.47 Å². The molecule has 1 aliphatic heterocycles. The maximum atomic E-state index is 5.74. The van der Waals surface area contributed by atoms with E-state index in [-0.39, 0.29) is 0 Å². The van der Waals surface area contributed by atoms with Crippen molar-refractivity contribution in [2.75, 3.05) is 19.8 Å². The third-order valence-electron chi connectivity index (χ3n) is 4.17. The normalized spacial score (nSPS) is 13.4. The molecule has 0 radical (unpaired) electrons. The van der Waals surface area contributed by atoms with Gasteiger partial charge in [0, 0.05) is 23.8 Å². The first-order valence-corrected chi connectivity index (χ1v) is 8.04. The van der Waals surface area contributed by atoms with E-state index in [1.165, 1.54) is 16.5 Å². The van der Waals surface area contributed by atoms with Crippen molar-refractivity contribution in [2.45, 2.75) is 13.0 Å². The molecule has 23 heavy (non-hydrogen) atoms. The molecule has 0 fully saturated rings.